The van der Waals surface area contributed by atoms with Crippen LogP contribution in [0.3, 0.4) is 0 Å². The van der Waals surface area contributed by atoms with E-state index in [2.05, 4.69) is 4.90 Å². The summed E-state index contributed by atoms with van der Waals surface area (Å²) in [6.07, 6.45) is -0.752. The van der Waals surface area contributed by atoms with E-state index < -0.39 is 6.10 Å². The number of nitriles is 1. The standard InChI is InChI=1S/C18H23N3O4/c1-14(22)15-3-2-4-17(11-15)25-13-16(23)12-20-7-9-21(10-8-20)18(24)5-6-19/h2-4,11,16,23H,5,7-10,12-13H2,1H3. The van der Waals surface area contributed by atoms with Gasteiger partial charge < -0.3 is 14.7 Å². The largest absolute Gasteiger partial charge is 0.491 e. The Morgan fingerprint density at radius 1 is 1.32 bits per heavy atom. The van der Waals surface area contributed by atoms with E-state index in [4.69, 9.17) is 10.00 Å². The number of piperazine rings is 1. The van der Waals surface area contributed by atoms with Crippen LogP contribution in [0.25, 0.3) is 0 Å². The Kier molecular flexibility index (Phi) is 6.92. The monoisotopic (exact) mass is 345 g/mol. The van der Waals surface area contributed by atoms with Crippen LogP contribution in [0.15, 0.2) is 24.3 Å². The minimum absolute atomic E-state index is 0.0326. The van der Waals surface area contributed by atoms with Gasteiger partial charge >= 0.3 is 0 Å². The Labute approximate surface area is 147 Å². The molecular weight excluding hydrogens is 322 g/mol. The average Bonchev–Trinajstić information content (AvgIpc) is 2.61. The third kappa shape index (κ3) is 5.85. The summed E-state index contributed by atoms with van der Waals surface area (Å²) in [5, 5.41) is 18.7. The van der Waals surface area contributed by atoms with Crippen molar-refractivity contribution < 1.29 is 19.4 Å². The first-order valence-corrected chi connectivity index (χ1v) is 8.28. The van der Waals surface area contributed by atoms with E-state index in [1.165, 1.54) is 6.92 Å². The number of hydrogen-bond donors (Lipinski definition) is 1. The molecule has 1 heterocycles. The maximum absolute atomic E-state index is 11.7. The average molecular weight is 345 g/mol. The van der Waals surface area contributed by atoms with Gasteiger partial charge in [0.25, 0.3) is 0 Å². The summed E-state index contributed by atoms with van der Waals surface area (Å²) in [7, 11) is 0. The van der Waals surface area contributed by atoms with Gasteiger partial charge in [-0.1, -0.05) is 12.1 Å². The molecular formula is C18H23N3O4. The summed E-state index contributed by atoms with van der Waals surface area (Å²) in [6, 6.07) is 8.75. The number of carbonyl (C=O) groups excluding carboxylic acids is 2. The summed E-state index contributed by atoms with van der Waals surface area (Å²) in [4.78, 5) is 26.8. The predicted octanol–water partition coefficient (Wildman–Crippen LogP) is 0.687. The zero-order valence-corrected chi connectivity index (χ0v) is 14.4. The van der Waals surface area contributed by atoms with Crippen LogP contribution in [0, 0.1) is 11.3 Å². The first kappa shape index (κ1) is 18.9. The number of nitrogens with zero attached hydrogens (tertiary/aromatic N) is 3. The van der Waals surface area contributed by atoms with E-state index in [0.29, 0.717) is 44.0 Å². The molecule has 134 valence electrons. The number of β-amino-alcohol motifs (C(OH)–C–C–N with tert-alkyl or cyclic N) is 1. The van der Waals surface area contributed by atoms with Gasteiger partial charge in [-0.15, -0.1) is 0 Å². The molecule has 1 aromatic carbocycles. The van der Waals surface area contributed by atoms with E-state index >= 15 is 0 Å². The summed E-state index contributed by atoms with van der Waals surface area (Å²) in [5.41, 5.74) is 0.574. The van der Waals surface area contributed by atoms with Crippen LogP contribution in [-0.4, -0.2) is 72.0 Å². The van der Waals surface area contributed by atoms with Crippen molar-refractivity contribution in [1.82, 2.24) is 9.80 Å². The van der Waals surface area contributed by atoms with Crippen molar-refractivity contribution in [2.24, 2.45) is 0 Å². The zero-order chi connectivity index (χ0) is 18.2. The minimum atomic E-state index is -0.664. The van der Waals surface area contributed by atoms with Gasteiger partial charge in [-0.25, -0.2) is 0 Å². The molecule has 1 saturated heterocycles. The van der Waals surface area contributed by atoms with Gasteiger partial charge in [0.2, 0.25) is 5.91 Å². The van der Waals surface area contributed by atoms with Gasteiger partial charge in [0.15, 0.2) is 5.78 Å². The van der Waals surface area contributed by atoms with Gasteiger partial charge in [0.1, 0.15) is 24.9 Å². The first-order chi connectivity index (χ1) is 12.0. The molecule has 0 radical (unpaired) electrons. The van der Waals surface area contributed by atoms with Crippen molar-refractivity contribution in [2.45, 2.75) is 19.4 Å². The molecule has 0 saturated carbocycles. The van der Waals surface area contributed by atoms with Crippen molar-refractivity contribution in [3.05, 3.63) is 29.8 Å². The molecule has 1 amide bonds. The predicted molar refractivity (Wildman–Crippen MR) is 91.2 cm³/mol. The topological polar surface area (TPSA) is 93.9 Å². The molecule has 1 unspecified atom stereocenters. The molecule has 25 heavy (non-hydrogen) atoms. The van der Waals surface area contributed by atoms with Crippen LogP contribution >= 0.6 is 0 Å². The van der Waals surface area contributed by atoms with Crippen LogP contribution in [0.1, 0.15) is 23.7 Å². The lowest BCUT2D eigenvalue weighted by molar-refractivity contribution is -0.132. The van der Waals surface area contributed by atoms with Crippen LogP contribution in [-0.2, 0) is 4.79 Å². The maximum atomic E-state index is 11.7. The van der Waals surface area contributed by atoms with Gasteiger partial charge in [-0.2, -0.15) is 5.26 Å². The Balaban J connectivity index is 1.73. The number of carbonyl (C=O) groups is 2. The number of aliphatic hydroxyl groups is 1. The molecule has 1 N–H and O–H groups in total. The van der Waals surface area contributed by atoms with Crippen LogP contribution in [0.5, 0.6) is 5.75 Å². The summed E-state index contributed by atoms with van der Waals surface area (Å²) < 4.78 is 5.56. The van der Waals surface area contributed by atoms with Crippen molar-refractivity contribution >= 4 is 11.7 Å². The molecule has 2 rings (SSSR count). The number of ketones is 1. The molecule has 1 atom stereocenters. The number of Topliss-reactive ketones (excluding diaryl/α,β-unsaturated/α-hetero) is 1. The number of rotatable bonds is 7. The van der Waals surface area contributed by atoms with E-state index in [9.17, 15) is 14.7 Å². The second kappa shape index (κ2) is 9.16. The second-order valence-corrected chi connectivity index (χ2v) is 6.07. The van der Waals surface area contributed by atoms with Crippen molar-refractivity contribution in [1.29, 1.82) is 5.26 Å². The molecule has 0 bridgehead atoms. The van der Waals surface area contributed by atoms with E-state index in [1.807, 2.05) is 6.07 Å². The number of hydrogen-bond acceptors (Lipinski definition) is 6. The summed E-state index contributed by atoms with van der Waals surface area (Å²) in [6.45, 7) is 4.53. The molecule has 1 fully saturated rings. The smallest absolute Gasteiger partial charge is 0.236 e. The highest BCUT2D eigenvalue weighted by molar-refractivity contribution is 5.94. The second-order valence-electron chi connectivity index (χ2n) is 6.07. The normalized spacial score (nSPS) is 16.1. The van der Waals surface area contributed by atoms with Gasteiger partial charge in [-0.05, 0) is 19.1 Å². The Hall–Kier alpha value is -2.43. The minimum Gasteiger partial charge on any atom is -0.491 e. The molecule has 0 spiro atoms. The van der Waals surface area contributed by atoms with E-state index in [-0.39, 0.29) is 24.7 Å². The third-order valence-corrected chi connectivity index (χ3v) is 4.11. The van der Waals surface area contributed by atoms with Gasteiger partial charge in [0.05, 0.1) is 6.07 Å². The molecule has 1 aromatic rings. The van der Waals surface area contributed by atoms with Crippen LogP contribution in [0.2, 0.25) is 0 Å². The fourth-order valence-electron chi connectivity index (χ4n) is 2.71. The van der Waals surface area contributed by atoms with Gasteiger partial charge in [0, 0.05) is 38.3 Å². The van der Waals surface area contributed by atoms with Crippen molar-refractivity contribution in [3.8, 4) is 11.8 Å². The van der Waals surface area contributed by atoms with Gasteiger partial charge in [-0.3, -0.25) is 14.5 Å². The van der Waals surface area contributed by atoms with E-state index in [1.54, 1.807) is 29.2 Å². The maximum Gasteiger partial charge on any atom is 0.236 e. The Morgan fingerprint density at radius 2 is 2.04 bits per heavy atom. The van der Waals surface area contributed by atoms with Crippen molar-refractivity contribution in [2.75, 3.05) is 39.3 Å². The van der Waals surface area contributed by atoms with Crippen LogP contribution < -0.4 is 4.74 Å². The fourth-order valence-corrected chi connectivity index (χ4v) is 2.71. The fraction of sp³-hybridized carbons (Fsp3) is 0.500. The van der Waals surface area contributed by atoms with Crippen LogP contribution in [0.4, 0.5) is 0 Å². The Morgan fingerprint density at radius 3 is 2.68 bits per heavy atom. The summed E-state index contributed by atoms with van der Waals surface area (Å²) >= 11 is 0. The van der Waals surface area contributed by atoms with E-state index in [0.717, 1.165) is 0 Å². The molecule has 7 heteroatoms. The molecule has 1 aliphatic rings. The lowest BCUT2D eigenvalue weighted by Crippen LogP contribution is -2.50. The number of ether oxygens (including phenoxy) is 1. The number of benzene rings is 1. The highest BCUT2D eigenvalue weighted by Crippen LogP contribution is 2.14. The quantitative estimate of drug-likeness (QED) is 0.731. The molecule has 0 aromatic heterocycles. The summed E-state index contributed by atoms with van der Waals surface area (Å²) in [5.74, 6) is 0.380. The first-order valence-electron chi connectivity index (χ1n) is 8.28. The highest BCUT2D eigenvalue weighted by Gasteiger charge is 2.22. The molecule has 0 aliphatic carbocycles. The molecule has 7 nitrogen and oxygen atoms in total. The highest BCUT2D eigenvalue weighted by atomic mass is 16.5. The van der Waals surface area contributed by atoms with Crippen molar-refractivity contribution in [3.63, 3.8) is 0 Å². The SMILES string of the molecule is CC(=O)c1cccc(OCC(O)CN2CCN(C(=O)CC#N)CC2)c1. The zero-order valence-electron chi connectivity index (χ0n) is 14.4. The third-order valence-electron chi connectivity index (χ3n) is 4.11. The lowest BCUT2D eigenvalue weighted by Gasteiger charge is -2.35. The lowest BCUT2D eigenvalue weighted by atomic mass is 10.1. The number of aliphatic hydroxyl groups excluding tert-OH is 1. The number of amides is 1. The Bertz CT molecular complexity index is 648. The molecule has 1 aliphatic heterocycles.